The van der Waals surface area contributed by atoms with E-state index >= 15 is 0 Å². The van der Waals surface area contributed by atoms with E-state index in [1.54, 1.807) is 6.08 Å². The Morgan fingerprint density at radius 1 is 1.37 bits per heavy atom. The van der Waals surface area contributed by atoms with Gasteiger partial charge in [0.2, 0.25) is 0 Å². The van der Waals surface area contributed by atoms with Crippen molar-refractivity contribution in [1.82, 2.24) is 14.5 Å². The van der Waals surface area contributed by atoms with Gasteiger partial charge in [0.05, 0.1) is 18.1 Å². The Labute approximate surface area is 162 Å². The lowest BCUT2D eigenvalue weighted by Gasteiger charge is -2.32. The summed E-state index contributed by atoms with van der Waals surface area (Å²) in [5, 5.41) is 0. The highest BCUT2D eigenvalue weighted by Gasteiger charge is 2.23. The minimum atomic E-state index is -0.342. The molecular formula is C22H31N3O2. The van der Waals surface area contributed by atoms with Crippen molar-refractivity contribution < 1.29 is 9.53 Å². The van der Waals surface area contributed by atoms with Crippen molar-refractivity contribution in [3.05, 3.63) is 35.7 Å². The minimum absolute atomic E-state index is 0.342. The topological polar surface area (TPSA) is 47.4 Å². The summed E-state index contributed by atoms with van der Waals surface area (Å²) in [7, 11) is 3.60. The molecule has 0 spiro atoms. The molecule has 2 aromatic rings. The van der Waals surface area contributed by atoms with E-state index < -0.39 is 0 Å². The summed E-state index contributed by atoms with van der Waals surface area (Å²) in [6.45, 7) is 4.49. The van der Waals surface area contributed by atoms with Crippen molar-refractivity contribution in [2.75, 3.05) is 27.2 Å². The molecule has 1 aromatic heterocycles. The van der Waals surface area contributed by atoms with E-state index in [0.29, 0.717) is 6.04 Å². The van der Waals surface area contributed by atoms with Gasteiger partial charge in [-0.2, -0.15) is 0 Å². The Morgan fingerprint density at radius 3 is 2.96 bits per heavy atom. The van der Waals surface area contributed by atoms with Crippen LogP contribution in [-0.2, 0) is 16.0 Å². The number of carbonyl (C=O) groups is 1. The van der Waals surface area contributed by atoms with Gasteiger partial charge in [0.25, 0.3) is 0 Å². The molecule has 1 saturated heterocycles. The van der Waals surface area contributed by atoms with Crippen LogP contribution in [0.15, 0.2) is 24.3 Å². The van der Waals surface area contributed by atoms with Crippen LogP contribution in [0.25, 0.3) is 17.1 Å². The van der Waals surface area contributed by atoms with E-state index in [9.17, 15) is 4.79 Å². The number of nitrogens with zero attached hydrogens (tertiary/aromatic N) is 3. The van der Waals surface area contributed by atoms with Crippen LogP contribution in [0.4, 0.5) is 0 Å². The standard InChI is InChI=1S/C22H31N3O2/c1-4-5-6-9-21-23-19-15-17(11-13-22(26)27-3)10-12-20(19)25(21)18-8-7-14-24(2)16-18/h10-13,15,18H,4-9,14,16H2,1-3H3/b13-11+. The lowest BCUT2D eigenvalue weighted by atomic mass is 10.0. The molecule has 5 nitrogen and oxygen atoms in total. The first-order valence-electron chi connectivity index (χ1n) is 10.1. The molecule has 0 N–H and O–H groups in total. The van der Waals surface area contributed by atoms with Crippen molar-refractivity contribution in [2.24, 2.45) is 0 Å². The molecule has 1 atom stereocenters. The summed E-state index contributed by atoms with van der Waals surface area (Å²) in [6, 6.07) is 6.77. The van der Waals surface area contributed by atoms with Gasteiger partial charge in [0.1, 0.15) is 5.82 Å². The highest BCUT2D eigenvalue weighted by atomic mass is 16.5. The summed E-state index contributed by atoms with van der Waals surface area (Å²) in [5.41, 5.74) is 3.19. The number of rotatable bonds is 7. The SMILES string of the molecule is CCCCCc1nc2cc(/C=C/C(=O)OC)ccc2n1C1CCCN(C)C1. The first kappa shape index (κ1) is 19.6. The molecule has 2 heterocycles. The molecule has 1 aromatic carbocycles. The van der Waals surface area contributed by atoms with Gasteiger partial charge >= 0.3 is 5.97 Å². The number of aryl methyl sites for hydroxylation is 1. The maximum atomic E-state index is 11.4. The molecule has 1 aliphatic rings. The van der Waals surface area contributed by atoms with Crippen LogP contribution < -0.4 is 0 Å². The average molecular weight is 370 g/mol. The second-order valence-electron chi connectivity index (χ2n) is 7.52. The van der Waals surface area contributed by atoms with Crippen LogP contribution >= 0.6 is 0 Å². The summed E-state index contributed by atoms with van der Waals surface area (Å²) in [4.78, 5) is 18.8. The average Bonchev–Trinajstić information content (AvgIpc) is 3.03. The molecule has 0 radical (unpaired) electrons. The third-order valence-electron chi connectivity index (χ3n) is 5.37. The van der Waals surface area contributed by atoms with Gasteiger partial charge in [-0.1, -0.05) is 25.8 Å². The van der Waals surface area contributed by atoms with Crippen LogP contribution in [-0.4, -0.2) is 47.7 Å². The van der Waals surface area contributed by atoms with Crippen LogP contribution in [0.2, 0.25) is 0 Å². The third kappa shape index (κ3) is 4.78. The van der Waals surface area contributed by atoms with E-state index in [-0.39, 0.29) is 5.97 Å². The number of hydrogen-bond donors (Lipinski definition) is 0. The van der Waals surface area contributed by atoms with E-state index in [0.717, 1.165) is 24.0 Å². The van der Waals surface area contributed by atoms with Crippen LogP contribution in [0, 0.1) is 0 Å². The van der Waals surface area contributed by atoms with Gasteiger partial charge in [-0.05, 0) is 56.6 Å². The van der Waals surface area contributed by atoms with Gasteiger partial charge in [0, 0.05) is 25.1 Å². The fourth-order valence-electron chi connectivity index (χ4n) is 3.97. The van der Waals surface area contributed by atoms with Gasteiger partial charge in [-0.3, -0.25) is 0 Å². The molecule has 27 heavy (non-hydrogen) atoms. The molecule has 1 aliphatic heterocycles. The van der Waals surface area contributed by atoms with Gasteiger partial charge in [0.15, 0.2) is 0 Å². The second-order valence-corrected chi connectivity index (χ2v) is 7.52. The molecule has 3 rings (SSSR count). The number of imidazole rings is 1. The van der Waals surface area contributed by atoms with E-state index in [2.05, 4.69) is 46.4 Å². The van der Waals surface area contributed by atoms with Gasteiger partial charge < -0.3 is 14.2 Å². The summed E-state index contributed by atoms with van der Waals surface area (Å²) >= 11 is 0. The lowest BCUT2D eigenvalue weighted by molar-refractivity contribution is -0.134. The van der Waals surface area contributed by atoms with Crippen molar-refractivity contribution in [1.29, 1.82) is 0 Å². The lowest BCUT2D eigenvalue weighted by Crippen LogP contribution is -2.34. The van der Waals surface area contributed by atoms with Crippen LogP contribution in [0.3, 0.4) is 0 Å². The third-order valence-corrected chi connectivity index (χ3v) is 5.37. The Morgan fingerprint density at radius 2 is 2.22 bits per heavy atom. The maximum Gasteiger partial charge on any atom is 0.330 e. The first-order valence-corrected chi connectivity index (χ1v) is 10.1. The maximum absolute atomic E-state index is 11.4. The predicted octanol–water partition coefficient (Wildman–Crippen LogP) is 4.22. The van der Waals surface area contributed by atoms with Crippen molar-refractivity contribution in [3.8, 4) is 0 Å². The number of benzene rings is 1. The number of aromatic nitrogens is 2. The van der Waals surface area contributed by atoms with Gasteiger partial charge in [-0.25, -0.2) is 9.78 Å². The molecule has 146 valence electrons. The fourth-order valence-corrected chi connectivity index (χ4v) is 3.97. The summed E-state index contributed by atoms with van der Waals surface area (Å²) < 4.78 is 7.16. The van der Waals surface area contributed by atoms with Crippen molar-refractivity contribution >= 4 is 23.1 Å². The van der Waals surface area contributed by atoms with Crippen LogP contribution in [0.1, 0.15) is 56.5 Å². The molecule has 0 aliphatic carbocycles. The Hall–Kier alpha value is -2.14. The fraction of sp³-hybridized carbons (Fsp3) is 0.545. The monoisotopic (exact) mass is 369 g/mol. The number of ether oxygens (including phenoxy) is 1. The highest BCUT2D eigenvalue weighted by molar-refractivity contribution is 5.88. The van der Waals surface area contributed by atoms with Crippen LogP contribution in [0.5, 0.6) is 0 Å². The largest absolute Gasteiger partial charge is 0.466 e. The number of fused-ring (bicyclic) bond motifs is 1. The molecule has 5 heteroatoms. The number of esters is 1. The first-order chi connectivity index (χ1) is 13.1. The minimum Gasteiger partial charge on any atom is -0.466 e. The summed E-state index contributed by atoms with van der Waals surface area (Å²) in [6.07, 6.45) is 10.3. The van der Waals surface area contributed by atoms with Gasteiger partial charge in [-0.15, -0.1) is 0 Å². The van der Waals surface area contributed by atoms with E-state index in [1.165, 1.54) is 63.2 Å². The zero-order valence-electron chi connectivity index (χ0n) is 16.8. The zero-order valence-corrected chi connectivity index (χ0v) is 16.8. The molecule has 0 saturated carbocycles. The Bertz CT molecular complexity index is 809. The van der Waals surface area contributed by atoms with E-state index in [4.69, 9.17) is 4.98 Å². The molecular weight excluding hydrogens is 338 g/mol. The quantitative estimate of drug-likeness (QED) is 0.416. The number of hydrogen-bond acceptors (Lipinski definition) is 4. The second kappa shape index (κ2) is 9.18. The molecule has 1 fully saturated rings. The number of carbonyl (C=O) groups excluding carboxylic acids is 1. The van der Waals surface area contributed by atoms with Crippen molar-refractivity contribution in [3.63, 3.8) is 0 Å². The Kier molecular flexibility index (Phi) is 6.67. The summed E-state index contributed by atoms with van der Waals surface area (Å²) in [5.74, 6) is 0.860. The number of likely N-dealkylation sites (N-methyl/N-ethyl adjacent to an activating group) is 1. The molecule has 1 unspecified atom stereocenters. The molecule has 0 bridgehead atoms. The number of methoxy groups -OCH3 is 1. The Balaban J connectivity index is 1.95. The number of unbranched alkanes of at least 4 members (excludes halogenated alkanes) is 2. The van der Waals surface area contributed by atoms with Crippen molar-refractivity contribution in [2.45, 2.75) is 51.5 Å². The normalized spacial score (nSPS) is 18.4. The predicted molar refractivity (Wildman–Crippen MR) is 110 cm³/mol. The number of piperidine rings is 1. The smallest absolute Gasteiger partial charge is 0.330 e. The van der Waals surface area contributed by atoms with E-state index in [1.807, 2.05) is 0 Å². The highest BCUT2D eigenvalue weighted by Crippen LogP contribution is 2.29. The number of likely N-dealkylation sites (tertiary alicyclic amines) is 1. The zero-order chi connectivity index (χ0) is 19.2. The molecule has 0 amide bonds.